The van der Waals surface area contributed by atoms with Crippen molar-refractivity contribution in [3.05, 3.63) is 64.7 Å². The molecule has 12 heteroatoms. The van der Waals surface area contributed by atoms with Crippen LogP contribution in [0, 0.1) is 0 Å². The maximum atomic E-state index is 13.9. The van der Waals surface area contributed by atoms with E-state index in [0.29, 0.717) is 35.1 Å². The lowest BCUT2D eigenvalue weighted by molar-refractivity contribution is -0.122. The van der Waals surface area contributed by atoms with E-state index in [1.807, 2.05) is 6.92 Å². The predicted octanol–water partition coefficient (Wildman–Crippen LogP) is 2.08. The van der Waals surface area contributed by atoms with Crippen molar-refractivity contribution in [1.82, 2.24) is 9.69 Å². The van der Waals surface area contributed by atoms with Crippen LogP contribution in [0.2, 0.25) is 0 Å². The topological polar surface area (TPSA) is 170 Å². The van der Waals surface area contributed by atoms with Crippen LogP contribution in [-0.4, -0.2) is 54.1 Å². The average molecular weight is 514 g/mol. The molecule has 3 aromatic rings. The molecule has 0 fully saturated rings. The predicted molar refractivity (Wildman–Crippen MR) is 135 cm³/mol. The van der Waals surface area contributed by atoms with Crippen molar-refractivity contribution in [2.75, 3.05) is 37.5 Å². The molecule has 0 unspecified atom stereocenters. The molecule has 36 heavy (non-hydrogen) atoms. The van der Waals surface area contributed by atoms with Gasteiger partial charge >= 0.3 is 0 Å². The Morgan fingerprint density at radius 3 is 2.36 bits per heavy atom. The number of ether oxygens (including phenoxy) is 2. The monoisotopic (exact) mass is 513 g/mol. The number of benzene rings is 2. The summed E-state index contributed by atoms with van der Waals surface area (Å²) in [6.07, 6.45) is 0. The highest BCUT2D eigenvalue weighted by molar-refractivity contribution is 7.09. The third-order valence-corrected chi connectivity index (χ3v) is 5.97. The van der Waals surface area contributed by atoms with Gasteiger partial charge in [0.2, 0.25) is 5.91 Å². The van der Waals surface area contributed by atoms with Crippen LogP contribution in [0.4, 0.5) is 11.4 Å². The third kappa shape index (κ3) is 5.90. The number of phenolic OH excluding ortho intramolecular Hbond substituents is 1. The molecule has 0 aliphatic heterocycles. The van der Waals surface area contributed by atoms with E-state index in [2.05, 4.69) is 9.69 Å². The Morgan fingerprint density at radius 2 is 1.81 bits per heavy atom. The van der Waals surface area contributed by atoms with Gasteiger partial charge < -0.3 is 31.4 Å². The van der Waals surface area contributed by atoms with Crippen LogP contribution in [-0.2, 0) is 9.53 Å². The smallest absolute Gasteiger partial charge is 0.273 e. The summed E-state index contributed by atoms with van der Waals surface area (Å²) < 4.78 is 14.4. The third-order valence-electron chi connectivity index (χ3n) is 5.12. The summed E-state index contributed by atoms with van der Waals surface area (Å²) >= 11 is 0.712. The lowest BCUT2D eigenvalue weighted by Crippen LogP contribution is -2.44. The number of anilines is 2. The fourth-order valence-electron chi connectivity index (χ4n) is 3.44. The Labute approximate surface area is 211 Å². The number of hydrogen-bond donors (Lipinski definition) is 4. The van der Waals surface area contributed by atoms with Crippen LogP contribution in [0.3, 0.4) is 0 Å². The Bertz CT molecular complexity index is 1210. The van der Waals surface area contributed by atoms with Gasteiger partial charge in [-0.3, -0.25) is 19.3 Å². The number of carbonyl (C=O) groups excluding carboxylic acids is 3. The van der Waals surface area contributed by atoms with Gasteiger partial charge in [0.05, 0.1) is 18.9 Å². The van der Waals surface area contributed by atoms with Crippen LogP contribution < -0.4 is 26.4 Å². The van der Waals surface area contributed by atoms with E-state index in [0.717, 1.165) is 0 Å². The molecule has 0 aliphatic rings. The standard InChI is InChI=1S/C24H27N5O6S/c1-3-35-17-10-6-15(7-11-17)29(24(33)21-18(25)19(22(26)31)28-36-21)20(23(32)27-12-13-34-2)14-4-8-16(30)9-5-14/h4-11,20,30H,3,12-13,25H2,1-2H3,(H2,26,31)(H,27,32)/t20-/m0/s1. The first-order chi connectivity index (χ1) is 17.3. The molecular formula is C24H27N5O6S. The number of hydrogen-bond acceptors (Lipinski definition) is 9. The van der Waals surface area contributed by atoms with Crippen LogP contribution in [0.15, 0.2) is 48.5 Å². The zero-order chi connectivity index (χ0) is 26.2. The molecule has 0 saturated carbocycles. The minimum absolute atomic E-state index is 0.00552. The molecule has 11 nitrogen and oxygen atoms in total. The molecule has 0 radical (unpaired) electrons. The first-order valence-electron chi connectivity index (χ1n) is 10.9. The van der Waals surface area contributed by atoms with E-state index >= 15 is 0 Å². The fourth-order valence-corrected chi connectivity index (χ4v) is 4.18. The van der Waals surface area contributed by atoms with E-state index in [1.54, 1.807) is 24.3 Å². The number of nitrogen functional groups attached to an aromatic ring is 1. The van der Waals surface area contributed by atoms with Gasteiger partial charge in [-0.25, -0.2) is 0 Å². The first-order valence-corrected chi connectivity index (χ1v) is 11.7. The number of aromatic hydroxyl groups is 1. The lowest BCUT2D eigenvalue weighted by atomic mass is 10.0. The SMILES string of the molecule is CCOc1ccc(N(C(=O)c2snc(C(N)=O)c2N)[C@H](C(=O)NCCOC)c2ccc(O)cc2)cc1. The Morgan fingerprint density at radius 1 is 1.14 bits per heavy atom. The minimum Gasteiger partial charge on any atom is -0.508 e. The molecule has 6 N–H and O–H groups in total. The molecule has 0 spiro atoms. The van der Waals surface area contributed by atoms with Gasteiger partial charge in [-0.2, -0.15) is 4.37 Å². The van der Waals surface area contributed by atoms with Crippen LogP contribution >= 0.6 is 11.5 Å². The number of phenols is 1. The molecule has 0 saturated heterocycles. The second-order valence-corrected chi connectivity index (χ2v) is 8.29. The number of amides is 3. The zero-order valence-electron chi connectivity index (χ0n) is 19.8. The summed E-state index contributed by atoms with van der Waals surface area (Å²) in [6.45, 7) is 2.75. The number of methoxy groups -OCH3 is 1. The van der Waals surface area contributed by atoms with Crippen molar-refractivity contribution in [3.63, 3.8) is 0 Å². The summed E-state index contributed by atoms with van der Waals surface area (Å²) in [5, 5.41) is 12.5. The fraction of sp³-hybridized carbons (Fsp3) is 0.250. The van der Waals surface area contributed by atoms with Crippen LogP contribution in [0.1, 0.15) is 38.7 Å². The second-order valence-electron chi connectivity index (χ2n) is 7.52. The molecule has 1 atom stereocenters. The van der Waals surface area contributed by atoms with E-state index in [1.165, 1.54) is 36.3 Å². The Hall–Kier alpha value is -4.16. The summed E-state index contributed by atoms with van der Waals surface area (Å²) in [5.41, 5.74) is 11.8. The van der Waals surface area contributed by atoms with Gasteiger partial charge in [0, 0.05) is 19.3 Å². The molecule has 3 rings (SSSR count). The number of primary amides is 1. The number of nitrogens with one attached hydrogen (secondary N) is 1. The molecule has 3 amide bonds. The van der Waals surface area contributed by atoms with E-state index in [4.69, 9.17) is 20.9 Å². The van der Waals surface area contributed by atoms with E-state index in [-0.39, 0.29) is 35.2 Å². The highest BCUT2D eigenvalue weighted by atomic mass is 32.1. The molecule has 0 aliphatic carbocycles. The van der Waals surface area contributed by atoms with Crippen molar-refractivity contribution in [2.24, 2.45) is 5.73 Å². The normalized spacial score (nSPS) is 11.5. The molecule has 0 bridgehead atoms. The number of aromatic nitrogens is 1. The number of nitrogens with two attached hydrogens (primary N) is 2. The van der Waals surface area contributed by atoms with Crippen LogP contribution in [0.25, 0.3) is 0 Å². The number of nitrogens with zero attached hydrogens (tertiary/aromatic N) is 2. The molecular weight excluding hydrogens is 486 g/mol. The maximum Gasteiger partial charge on any atom is 0.273 e. The van der Waals surface area contributed by atoms with Gasteiger partial charge in [-0.15, -0.1) is 0 Å². The Balaban J connectivity index is 2.16. The largest absolute Gasteiger partial charge is 0.508 e. The molecule has 1 heterocycles. The van der Waals surface area contributed by atoms with Crippen molar-refractivity contribution in [1.29, 1.82) is 0 Å². The van der Waals surface area contributed by atoms with Crippen LogP contribution in [0.5, 0.6) is 11.5 Å². The number of carbonyl (C=O) groups is 3. The average Bonchev–Trinajstić information content (AvgIpc) is 3.25. The minimum atomic E-state index is -1.17. The molecule has 1 aromatic heterocycles. The maximum absolute atomic E-state index is 13.9. The van der Waals surface area contributed by atoms with Gasteiger partial charge in [0.15, 0.2) is 5.69 Å². The van der Waals surface area contributed by atoms with Crippen molar-refractivity contribution in [2.45, 2.75) is 13.0 Å². The van der Waals surface area contributed by atoms with Gasteiger partial charge in [-0.1, -0.05) is 12.1 Å². The highest BCUT2D eigenvalue weighted by Gasteiger charge is 2.36. The zero-order valence-corrected chi connectivity index (χ0v) is 20.6. The molecule has 190 valence electrons. The summed E-state index contributed by atoms with van der Waals surface area (Å²) in [5.74, 6) is -1.47. The van der Waals surface area contributed by atoms with Crippen molar-refractivity contribution < 1.29 is 29.0 Å². The van der Waals surface area contributed by atoms with Crippen molar-refractivity contribution >= 4 is 40.6 Å². The quantitative estimate of drug-likeness (QED) is 0.282. The van der Waals surface area contributed by atoms with Gasteiger partial charge in [-0.05, 0) is 60.4 Å². The highest BCUT2D eigenvalue weighted by Crippen LogP contribution is 2.34. The number of rotatable bonds is 11. The van der Waals surface area contributed by atoms with E-state index < -0.39 is 23.8 Å². The van der Waals surface area contributed by atoms with E-state index in [9.17, 15) is 19.5 Å². The summed E-state index contributed by atoms with van der Waals surface area (Å²) in [4.78, 5) is 40.2. The molecule has 2 aromatic carbocycles. The first kappa shape index (κ1) is 26.4. The summed E-state index contributed by atoms with van der Waals surface area (Å²) in [6, 6.07) is 11.3. The second kappa shape index (κ2) is 12.0. The lowest BCUT2D eigenvalue weighted by Gasteiger charge is -2.31. The van der Waals surface area contributed by atoms with Crippen molar-refractivity contribution in [3.8, 4) is 11.5 Å². The Kier molecular flexibility index (Phi) is 8.81. The summed E-state index contributed by atoms with van der Waals surface area (Å²) in [7, 11) is 1.50. The van der Waals surface area contributed by atoms with Gasteiger partial charge in [0.1, 0.15) is 22.4 Å². The van der Waals surface area contributed by atoms with Gasteiger partial charge in [0.25, 0.3) is 11.8 Å².